The van der Waals surface area contributed by atoms with Gasteiger partial charge in [0, 0.05) is 0 Å². The van der Waals surface area contributed by atoms with Gasteiger partial charge < -0.3 is 10.5 Å². The summed E-state index contributed by atoms with van der Waals surface area (Å²) in [7, 11) is -3.39. The fraction of sp³-hybridized carbons (Fsp3) is 0.136. The molecule has 0 spiro atoms. The van der Waals surface area contributed by atoms with Crippen LogP contribution in [0.1, 0.15) is 16.7 Å². The first kappa shape index (κ1) is 20.9. The van der Waals surface area contributed by atoms with Gasteiger partial charge in [0.05, 0.1) is 28.2 Å². The molecular formula is C22H22N4O4S2. The lowest BCUT2D eigenvalue weighted by molar-refractivity contribution is 0.449. The summed E-state index contributed by atoms with van der Waals surface area (Å²) < 4.78 is 23.2. The van der Waals surface area contributed by atoms with E-state index in [4.69, 9.17) is 0 Å². The van der Waals surface area contributed by atoms with Gasteiger partial charge in [0.1, 0.15) is 0 Å². The summed E-state index contributed by atoms with van der Waals surface area (Å²) in [5.41, 5.74) is 5.97. The molecule has 0 saturated carbocycles. The third-order valence-electron chi connectivity index (χ3n) is 5.41. The number of fused-ring (bicyclic) bond motifs is 2. The monoisotopic (exact) mass is 470 g/mol. The highest BCUT2D eigenvalue weighted by atomic mass is 32.3. The summed E-state index contributed by atoms with van der Waals surface area (Å²) >= 11 is 1.30. The molecule has 5 N–H and O–H groups in total. The first-order valence-corrected chi connectivity index (χ1v) is 12.3. The Morgan fingerprint density at radius 2 is 1.88 bits per heavy atom. The number of hydrogen-bond acceptors (Lipinski definition) is 8. The zero-order valence-corrected chi connectivity index (χ0v) is 18.8. The second-order valence-corrected chi connectivity index (χ2v) is 10.3. The number of anilines is 1. The SMILES string of the molecule is Cc1ccc(CNn2c(=O)c(N3Cc4ccccc4S(O)(O)N3)c(O)c3sccc32)cc1. The normalized spacial score (nSPS) is 16.0. The molecule has 1 aliphatic heterocycles. The summed E-state index contributed by atoms with van der Waals surface area (Å²) in [4.78, 5) is 16.5. The van der Waals surface area contributed by atoms with E-state index in [-0.39, 0.29) is 18.0 Å². The quantitative estimate of drug-likeness (QED) is 0.301. The van der Waals surface area contributed by atoms with Crippen LogP contribution in [0.25, 0.3) is 10.2 Å². The van der Waals surface area contributed by atoms with E-state index >= 15 is 0 Å². The number of aromatic hydroxyl groups is 1. The molecule has 32 heavy (non-hydrogen) atoms. The third-order valence-corrected chi connectivity index (χ3v) is 7.80. The molecule has 1 aliphatic rings. The molecule has 0 bridgehead atoms. The van der Waals surface area contributed by atoms with Crippen molar-refractivity contribution in [2.24, 2.45) is 0 Å². The van der Waals surface area contributed by atoms with Gasteiger partial charge in [0.2, 0.25) is 0 Å². The van der Waals surface area contributed by atoms with Crippen molar-refractivity contribution >= 4 is 38.0 Å². The number of thiophene rings is 1. The van der Waals surface area contributed by atoms with E-state index in [1.54, 1.807) is 35.7 Å². The Bertz CT molecular complexity index is 1360. The number of hydrazine groups is 1. The highest BCUT2D eigenvalue weighted by Crippen LogP contribution is 2.50. The zero-order chi connectivity index (χ0) is 22.5. The van der Waals surface area contributed by atoms with E-state index in [1.807, 2.05) is 31.2 Å². The summed E-state index contributed by atoms with van der Waals surface area (Å²) in [5.74, 6) is -0.199. The number of aryl methyl sites for hydroxylation is 1. The molecule has 0 radical (unpaired) electrons. The summed E-state index contributed by atoms with van der Waals surface area (Å²) in [6, 6.07) is 16.7. The van der Waals surface area contributed by atoms with E-state index in [0.717, 1.165) is 11.1 Å². The molecule has 8 nitrogen and oxygen atoms in total. The number of hydrogen-bond donors (Lipinski definition) is 5. The average molecular weight is 471 g/mol. The maximum Gasteiger partial charge on any atom is 0.298 e. The predicted octanol–water partition coefficient (Wildman–Crippen LogP) is 4.37. The van der Waals surface area contributed by atoms with Gasteiger partial charge in [-0.25, -0.2) is 4.68 Å². The van der Waals surface area contributed by atoms with E-state index in [1.165, 1.54) is 21.0 Å². The van der Waals surface area contributed by atoms with Gasteiger partial charge in [-0.15, -0.1) is 16.2 Å². The maximum absolute atomic E-state index is 13.5. The lowest BCUT2D eigenvalue weighted by atomic mass is 10.1. The number of rotatable bonds is 4. The fourth-order valence-electron chi connectivity index (χ4n) is 3.80. The van der Waals surface area contributed by atoms with Crippen LogP contribution in [0.4, 0.5) is 5.69 Å². The lowest BCUT2D eigenvalue weighted by Gasteiger charge is -2.44. The Hall–Kier alpha value is -3.02. The fourth-order valence-corrected chi connectivity index (χ4v) is 5.95. The minimum Gasteiger partial charge on any atom is -0.504 e. The number of nitrogens with one attached hydrogen (secondary N) is 2. The van der Waals surface area contributed by atoms with Crippen LogP contribution in [-0.2, 0) is 13.1 Å². The molecule has 3 heterocycles. The topological polar surface area (TPSA) is 110 Å². The second-order valence-electron chi connectivity index (χ2n) is 7.63. The van der Waals surface area contributed by atoms with Gasteiger partial charge in [-0.3, -0.25) is 18.9 Å². The first-order chi connectivity index (χ1) is 15.3. The summed E-state index contributed by atoms with van der Waals surface area (Å²) in [6.45, 7) is 2.60. The van der Waals surface area contributed by atoms with Gasteiger partial charge in [0.15, 0.2) is 11.4 Å². The Morgan fingerprint density at radius 1 is 1.12 bits per heavy atom. The van der Waals surface area contributed by atoms with Crippen molar-refractivity contribution in [2.45, 2.75) is 24.9 Å². The molecule has 10 heteroatoms. The Kier molecular flexibility index (Phi) is 5.11. The van der Waals surface area contributed by atoms with Crippen LogP contribution in [0.15, 0.2) is 69.7 Å². The molecule has 4 aromatic rings. The third kappa shape index (κ3) is 3.51. The van der Waals surface area contributed by atoms with Crippen LogP contribution >= 0.6 is 22.1 Å². The van der Waals surface area contributed by atoms with Crippen molar-refractivity contribution in [3.63, 3.8) is 0 Å². The summed E-state index contributed by atoms with van der Waals surface area (Å²) in [5, 5.41) is 14.1. The highest BCUT2D eigenvalue weighted by Gasteiger charge is 2.32. The van der Waals surface area contributed by atoms with Gasteiger partial charge in [0.25, 0.3) is 5.56 Å². The smallest absolute Gasteiger partial charge is 0.298 e. The van der Waals surface area contributed by atoms with E-state index in [0.29, 0.717) is 27.2 Å². The van der Waals surface area contributed by atoms with Crippen LogP contribution in [0, 0.1) is 6.92 Å². The van der Waals surface area contributed by atoms with Crippen LogP contribution in [0.2, 0.25) is 0 Å². The van der Waals surface area contributed by atoms with E-state index in [9.17, 15) is 19.0 Å². The van der Waals surface area contributed by atoms with Gasteiger partial charge in [-0.2, -0.15) is 0 Å². The van der Waals surface area contributed by atoms with E-state index < -0.39 is 16.3 Å². The van der Waals surface area contributed by atoms with Gasteiger partial charge in [-0.05, 0) is 35.6 Å². The molecule has 0 atom stereocenters. The molecule has 0 unspecified atom stereocenters. The minimum absolute atomic E-state index is 0.0502. The first-order valence-electron chi connectivity index (χ1n) is 9.91. The second kappa shape index (κ2) is 7.84. The Balaban J connectivity index is 1.58. The molecule has 0 fully saturated rings. The lowest BCUT2D eigenvalue weighted by Crippen LogP contribution is -2.47. The Morgan fingerprint density at radius 3 is 2.66 bits per heavy atom. The standard InChI is InChI=1S/C22H22N4O4S2/c1-14-6-8-15(9-7-14)12-23-26-17-10-11-31-21(17)20(27)19(22(26)28)25-13-16-4-2-3-5-18(16)32(29,30)24-25/h2-11,23-24,27,29-30H,12-13H2,1H3. The van der Waals surface area contributed by atoms with Crippen LogP contribution in [0.5, 0.6) is 5.75 Å². The van der Waals surface area contributed by atoms with Crippen molar-refractivity contribution in [3.8, 4) is 5.75 Å². The highest BCUT2D eigenvalue weighted by molar-refractivity contribution is 8.22. The van der Waals surface area contributed by atoms with Crippen molar-refractivity contribution < 1.29 is 14.2 Å². The summed E-state index contributed by atoms with van der Waals surface area (Å²) in [6.07, 6.45) is 0. The van der Waals surface area contributed by atoms with Gasteiger partial charge >= 0.3 is 0 Å². The molecule has 0 aliphatic carbocycles. The van der Waals surface area contributed by atoms with E-state index in [2.05, 4.69) is 10.3 Å². The molecular weight excluding hydrogens is 448 g/mol. The molecule has 5 rings (SSSR count). The number of benzene rings is 2. The van der Waals surface area contributed by atoms with Crippen LogP contribution in [0.3, 0.4) is 0 Å². The van der Waals surface area contributed by atoms with Crippen molar-refractivity contribution in [1.29, 1.82) is 0 Å². The van der Waals surface area contributed by atoms with Crippen molar-refractivity contribution in [2.75, 3.05) is 10.4 Å². The largest absolute Gasteiger partial charge is 0.504 e. The molecule has 2 aromatic carbocycles. The zero-order valence-electron chi connectivity index (χ0n) is 17.1. The minimum atomic E-state index is -3.39. The molecule has 2 aromatic heterocycles. The number of nitrogens with zero attached hydrogens (tertiary/aromatic N) is 2. The Labute approximate surface area is 189 Å². The van der Waals surface area contributed by atoms with Crippen LogP contribution in [-0.4, -0.2) is 18.9 Å². The molecule has 166 valence electrons. The molecule has 0 saturated heterocycles. The van der Waals surface area contributed by atoms with Crippen LogP contribution < -0.4 is 20.8 Å². The maximum atomic E-state index is 13.5. The van der Waals surface area contributed by atoms with Gasteiger partial charge in [-0.1, -0.05) is 58.8 Å². The molecule has 0 amide bonds. The van der Waals surface area contributed by atoms with Crippen molar-refractivity contribution in [3.05, 3.63) is 87.0 Å². The predicted molar refractivity (Wildman–Crippen MR) is 129 cm³/mol. The number of pyridine rings is 1. The number of aromatic nitrogens is 1. The van der Waals surface area contributed by atoms with Crippen molar-refractivity contribution in [1.82, 2.24) is 9.51 Å². The average Bonchev–Trinajstić information content (AvgIpc) is 3.25.